The summed E-state index contributed by atoms with van der Waals surface area (Å²) in [5.41, 5.74) is -24.4. The Balaban J connectivity index is 1.17. The van der Waals surface area contributed by atoms with E-state index in [9.17, 15) is 69.9 Å². The number of rotatable bonds is 19. The van der Waals surface area contributed by atoms with E-state index in [0.29, 0.717) is 36.4 Å². The quantitative estimate of drug-likeness (QED) is 0.0367. The van der Waals surface area contributed by atoms with Gasteiger partial charge in [-0.15, -0.1) is 0 Å². The molecule has 0 bridgehead atoms. The van der Waals surface area contributed by atoms with Gasteiger partial charge in [-0.05, 0) is 132 Å². The molecule has 0 fully saturated rings. The zero-order valence-electron chi connectivity index (χ0n) is 49.2. The minimum atomic E-state index is -7.30. The van der Waals surface area contributed by atoms with E-state index < -0.39 is 210 Å². The van der Waals surface area contributed by atoms with E-state index in [1.165, 1.54) is 41.5 Å². The van der Waals surface area contributed by atoms with Crippen LogP contribution in [0.25, 0.3) is 11.1 Å². The minimum Gasteiger partial charge on any atom is -0.488 e. The van der Waals surface area contributed by atoms with E-state index in [1.807, 2.05) is 0 Å². The highest BCUT2D eigenvalue weighted by molar-refractivity contribution is 8.00. The van der Waals surface area contributed by atoms with Crippen molar-refractivity contribution in [1.82, 2.24) is 0 Å². The molecule has 0 amide bonds. The van der Waals surface area contributed by atoms with Crippen molar-refractivity contribution >= 4 is 21.9 Å². The molecule has 0 unspecified atom stereocenters. The van der Waals surface area contributed by atoms with Gasteiger partial charge in [-0.3, -0.25) is 4.55 Å². The minimum absolute atomic E-state index is 0.0726. The Kier molecular flexibility index (Phi) is 20.2. The highest BCUT2D eigenvalue weighted by Crippen LogP contribution is 2.60. The van der Waals surface area contributed by atoms with Crippen molar-refractivity contribution in [3.8, 4) is 51.4 Å². The van der Waals surface area contributed by atoms with Crippen molar-refractivity contribution in [2.75, 3.05) is 0 Å². The van der Waals surface area contributed by atoms with Crippen molar-refractivity contribution in [2.24, 2.45) is 0 Å². The van der Waals surface area contributed by atoms with Crippen LogP contribution in [0, 0.1) is 46.5 Å². The van der Waals surface area contributed by atoms with Crippen molar-refractivity contribution < 1.29 is 160 Å². The molecule has 7 rings (SSSR count). The van der Waals surface area contributed by atoms with E-state index in [1.54, 1.807) is 0 Å². The molecule has 1 N–H and O–H groups in total. The molecule has 98 heavy (non-hydrogen) atoms. The SMILES string of the molecule is CC(C)(C)Oc1ccc(C(c2ccc(Oc3c(F)c(F)c(-c4c(F)c(F)c(Oc5ccc(C(c6ccc(Oc7cc(SC(F)(F)C(F)(F)OC(F)(F)C(F)(F)S(=O)(=O)O)cc(C(C)(C)C)c7)cc6)(C(F)(F)F)C(F)(F)F)cc5)c(F)c4F)c(F)c3F)cc2)(C(F)(F)F)C(F)(F)F)cc1. The lowest BCUT2D eigenvalue weighted by Crippen LogP contribution is -2.55. The number of hydrogen-bond acceptors (Lipinski definition) is 8. The molecule has 0 saturated carbocycles. The summed E-state index contributed by atoms with van der Waals surface area (Å²) in [7, 11) is -7.30. The molecule has 534 valence electrons. The zero-order chi connectivity index (χ0) is 74.5. The zero-order valence-corrected chi connectivity index (χ0v) is 50.8. The first kappa shape index (κ1) is 77.4. The Labute approximate surface area is 536 Å². The third-order valence-electron chi connectivity index (χ3n) is 13.9. The fourth-order valence-corrected chi connectivity index (χ4v) is 10.5. The molecular weight excluding hydrogens is 1440 g/mol. The molecular formula is C60H38F28O8S2. The maximum absolute atomic E-state index is 15.8. The summed E-state index contributed by atoms with van der Waals surface area (Å²) in [5.74, 6) is -32.1. The van der Waals surface area contributed by atoms with Gasteiger partial charge in [0.25, 0.3) is 0 Å². The Bertz CT molecular complexity index is 4150. The number of benzene rings is 7. The first-order valence-corrected chi connectivity index (χ1v) is 28.7. The van der Waals surface area contributed by atoms with E-state index >= 15 is 61.5 Å². The molecule has 0 aromatic heterocycles. The average molecular weight is 1480 g/mol. The number of ether oxygens (including phenoxy) is 5. The molecule has 0 heterocycles. The lowest BCUT2D eigenvalue weighted by atomic mass is 9.73. The Morgan fingerprint density at radius 2 is 0.653 bits per heavy atom. The summed E-state index contributed by atoms with van der Waals surface area (Å²) in [6.45, 7) is 8.49. The number of hydrogen-bond donors (Lipinski definition) is 1. The molecule has 0 aliphatic heterocycles. The predicted molar refractivity (Wildman–Crippen MR) is 287 cm³/mol. The second kappa shape index (κ2) is 25.6. The number of thioether (sulfide) groups is 1. The van der Waals surface area contributed by atoms with Gasteiger partial charge in [0.15, 0.2) is 23.3 Å². The Morgan fingerprint density at radius 1 is 0.357 bits per heavy atom. The normalized spacial score (nSPS) is 13.8. The Hall–Kier alpha value is -8.00. The van der Waals surface area contributed by atoms with Gasteiger partial charge in [0.1, 0.15) is 34.3 Å². The first-order chi connectivity index (χ1) is 44.3. The summed E-state index contributed by atoms with van der Waals surface area (Å²) in [4.78, 5) is -1.14. The molecule has 0 atom stereocenters. The van der Waals surface area contributed by atoms with Gasteiger partial charge in [-0.25, -0.2) is 22.3 Å². The molecule has 7 aromatic rings. The van der Waals surface area contributed by atoms with Crippen molar-refractivity contribution in [2.45, 2.75) is 116 Å². The molecule has 0 aliphatic carbocycles. The molecule has 7 aromatic carbocycles. The maximum Gasteiger partial charge on any atom is 0.460 e. The fourth-order valence-electron chi connectivity index (χ4n) is 9.38. The standard InChI is InChI=1S/C60H38F28O8S2/c1-49(2,3)30-23-35(25-36(24-30)97-59(85,86)57(81,82)96-58(83,84)60(87,88)98(89,90)91)92-31-15-7-26(8-16-31)51(53(69,70)71,54(72,73)74)27-9-17-32(18-10-27)93-47-43(65)39(61)37(40(62)44(47)66)38-41(63)45(67)48(46(68)42(38)64)94-33-19-11-28(12-20-33)52(55(75,76)77,56(78,79)80)29-13-21-34(22-14-29)95-50(4,5)6/h7-25H,1-6H3,(H,89,90,91). The van der Waals surface area contributed by atoms with Crippen LogP contribution < -0.4 is 18.9 Å². The van der Waals surface area contributed by atoms with Gasteiger partial charge >= 0.3 is 57.5 Å². The van der Waals surface area contributed by atoms with Gasteiger partial charge in [0, 0.05) is 4.90 Å². The van der Waals surface area contributed by atoms with Gasteiger partial charge in [-0.2, -0.15) is 114 Å². The molecule has 0 saturated heterocycles. The summed E-state index contributed by atoms with van der Waals surface area (Å²) >= 11 is -1.42. The van der Waals surface area contributed by atoms with Crippen LogP contribution in [-0.2, 0) is 31.1 Å². The molecule has 0 radical (unpaired) electrons. The van der Waals surface area contributed by atoms with E-state index in [-0.39, 0.29) is 72.0 Å². The van der Waals surface area contributed by atoms with Crippen LogP contribution in [-0.4, -0.2) is 66.0 Å². The predicted octanol–water partition coefficient (Wildman–Crippen LogP) is 21.5. The second-order valence-electron chi connectivity index (χ2n) is 22.7. The summed E-state index contributed by atoms with van der Waals surface area (Å²) < 4.78 is 472. The highest BCUT2D eigenvalue weighted by Gasteiger charge is 2.76. The van der Waals surface area contributed by atoms with Crippen LogP contribution in [0.5, 0.6) is 40.2 Å². The smallest absolute Gasteiger partial charge is 0.460 e. The summed E-state index contributed by atoms with van der Waals surface area (Å²) in [6.07, 6.45) is -39.2. The lowest BCUT2D eigenvalue weighted by Gasteiger charge is -2.38. The Morgan fingerprint density at radius 3 is 0.929 bits per heavy atom. The van der Waals surface area contributed by atoms with Crippen molar-refractivity contribution in [3.05, 3.63) is 190 Å². The van der Waals surface area contributed by atoms with Crippen molar-refractivity contribution in [1.29, 1.82) is 0 Å². The highest BCUT2D eigenvalue weighted by atomic mass is 32.2. The maximum atomic E-state index is 15.8. The fraction of sp³-hybridized carbons (Fsp3) is 0.300. The molecule has 0 spiro atoms. The molecule has 38 heteroatoms. The molecule has 8 nitrogen and oxygen atoms in total. The van der Waals surface area contributed by atoms with E-state index in [2.05, 4.69) is 14.2 Å². The van der Waals surface area contributed by atoms with Gasteiger partial charge in [0.05, 0.1) is 11.1 Å². The van der Waals surface area contributed by atoms with Crippen LogP contribution in [0.2, 0.25) is 0 Å². The van der Waals surface area contributed by atoms with E-state index in [4.69, 9.17) is 14.0 Å². The summed E-state index contributed by atoms with van der Waals surface area (Å²) in [5, 5.41) is -13.0. The third kappa shape index (κ3) is 14.1. The molecule has 0 aliphatic rings. The lowest BCUT2D eigenvalue weighted by molar-refractivity contribution is -0.441. The van der Waals surface area contributed by atoms with Crippen LogP contribution in [0.4, 0.5) is 123 Å². The van der Waals surface area contributed by atoms with Crippen LogP contribution in [0.3, 0.4) is 0 Å². The van der Waals surface area contributed by atoms with Gasteiger partial charge in [0.2, 0.25) is 45.6 Å². The summed E-state index contributed by atoms with van der Waals surface area (Å²) in [6, 6.07) is 5.93. The van der Waals surface area contributed by atoms with Crippen LogP contribution in [0.15, 0.2) is 120 Å². The van der Waals surface area contributed by atoms with Crippen LogP contribution >= 0.6 is 11.8 Å². The van der Waals surface area contributed by atoms with Crippen LogP contribution in [0.1, 0.15) is 69.4 Å². The van der Waals surface area contributed by atoms with Crippen molar-refractivity contribution in [3.63, 3.8) is 0 Å². The van der Waals surface area contributed by atoms with Gasteiger partial charge < -0.3 is 18.9 Å². The third-order valence-corrected chi connectivity index (χ3v) is 15.7. The largest absolute Gasteiger partial charge is 0.488 e. The number of alkyl halides is 20. The first-order valence-electron chi connectivity index (χ1n) is 26.5. The van der Waals surface area contributed by atoms with Gasteiger partial charge in [-0.1, -0.05) is 69.3 Å². The number of halogens is 28. The second-order valence-corrected chi connectivity index (χ2v) is 25.4. The average Bonchev–Trinajstić information content (AvgIpc) is 0.725. The van der Waals surface area contributed by atoms with E-state index in [0.717, 1.165) is 18.2 Å². The monoisotopic (exact) mass is 1480 g/mol. The topological polar surface area (TPSA) is 101 Å².